The number of aromatic nitrogens is 4. The summed E-state index contributed by atoms with van der Waals surface area (Å²) in [5, 5.41) is 15.8. The van der Waals surface area contributed by atoms with Crippen LogP contribution in [0.2, 0.25) is 0 Å². The predicted octanol–water partition coefficient (Wildman–Crippen LogP) is 3.89. The number of carbonyl (C=O) groups excluding carboxylic acids is 2. The quantitative estimate of drug-likeness (QED) is 0.420. The molecule has 1 aromatic heterocycles. The minimum absolute atomic E-state index is 0.0593. The molecule has 3 rings (SSSR count). The minimum Gasteiger partial charge on any atom is -0.325 e. The summed E-state index contributed by atoms with van der Waals surface area (Å²) >= 11 is 1.60. The van der Waals surface area contributed by atoms with Crippen LogP contribution < -0.4 is 5.32 Å². The lowest BCUT2D eigenvalue weighted by atomic mass is 9.96. The molecule has 0 bridgehead atoms. The molecule has 0 spiro atoms. The first kappa shape index (κ1) is 19.5. The third-order valence-electron chi connectivity index (χ3n) is 4.74. The number of ketones is 1. The number of hydrogen-bond acceptors (Lipinski definition) is 6. The van der Waals surface area contributed by atoms with Crippen LogP contribution in [-0.4, -0.2) is 37.7 Å². The van der Waals surface area contributed by atoms with Crippen LogP contribution in [0.3, 0.4) is 0 Å². The molecule has 1 amide bonds. The van der Waals surface area contributed by atoms with E-state index in [1.54, 1.807) is 30.0 Å². The maximum atomic E-state index is 12.2. The molecule has 0 atom stereocenters. The third-order valence-corrected chi connectivity index (χ3v) is 5.76. The maximum Gasteiger partial charge on any atom is 0.224 e. The van der Waals surface area contributed by atoms with Gasteiger partial charge in [0.1, 0.15) is 0 Å². The first-order chi connectivity index (χ1) is 13.1. The highest BCUT2D eigenvalue weighted by atomic mass is 32.2. The van der Waals surface area contributed by atoms with Crippen LogP contribution in [-0.2, 0) is 4.79 Å². The highest BCUT2D eigenvalue weighted by Crippen LogP contribution is 2.30. The lowest BCUT2D eigenvalue weighted by Gasteiger charge is -2.21. The number of tetrazole rings is 1. The van der Waals surface area contributed by atoms with Crippen LogP contribution in [0.1, 0.15) is 68.3 Å². The fraction of sp³-hybridized carbons (Fsp3) is 0.526. The van der Waals surface area contributed by atoms with Crippen LogP contribution in [0, 0.1) is 0 Å². The van der Waals surface area contributed by atoms with E-state index in [2.05, 4.69) is 20.8 Å². The van der Waals surface area contributed by atoms with Crippen molar-refractivity contribution in [1.29, 1.82) is 0 Å². The summed E-state index contributed by atoms with van der Waals surface area (Å²) in [6.07, 6.45) is 7.14. The van der Waals surface area contributed by atoms with E-state index in [0.717, 1.165) is 30.2 Å². The normalized spacial score (nSPS) is 14.9. The number of amides is 1. The Morgan fingerprint density at radius 3 is 2.78 bits per heavy atom. The highest BCUT2D eigenvalue weighted by Gasteiger charge is 2.20. The zero-order chi connectivity index (χ0) is 19.1. The molecule has 0 saturated heterocycles. The zero-order valence-corrected chi connectivity index (χ0v) is 16.4. The van der Waals surface area contributed by atoms with Crippen LogP contribution in [0.4, 0.5) is 5.69 Å². The van der Waals surface area contributed by atoms with Crippen molar-refractivity contribution >= 4 is 29.1 Å². The summed E-state index contributed by atoms with van der Waals surface area (Å²) in [5.41, 5.74) is 1.11. The van der Waals surface area contributed by atoms with Crippen molar-refractivity contribution < 1.29 is 9.59 Å². The number of nitrogens with one attached hydrogen (secondary N) is 1. The van der Waals surface area contributed by atoms with Gasteiger partial charge >= 0.3 is 0 Å². The largest absolute Gasteiger partial charge is 0.325 e. The molecule has 8 heteroatoms. The molecule has 0 aliphatic heterocycles. The van der Waals surface area contributed by atoms with Gasteiger partial charge in [-0.3, -0.25) is 9.59 Å². The van der Waals surface area contributed by atoms with Crippen LogP contribution in [0.15, 0.2) is 29.4 Å². The molecule has 7 nitrogen and oxygen atoms in total. The molecule has 0 radical (unpaired) electrons. The van der Waals surface area contributed by atoms with E-state index >= 15 is 0 Å². The number of nitrogens with zero attached hydrogens (tertiary/aromatic N) is 4. The monoisotopic (exact) mass is 387 g/mol. The van der Waals surface area contributed by atoms with Gasteiger partial charge in [0.2, 0.25) is 11.1 Å². The standard InChI is InChI=1S/C19H25N5O2S/c1-14(25)16-10-5-6-11-17(16)20-18(26)12-7-13-27-19-21-22-23-24(19)15-8-3-2-4-9-15/h5-6,10-11,15H,2-4,7-9,12-13H2,1H3,(H,20,26). The molecule has 1 fully saturated rings. The van der Waals surface area contributed by atoms with Gasteiger partial charge in [-0.1, -0.05) is 43.2 Å². The topological polar surface area (TPSA) is 89.8 Å². The average Bonchev–Trinajstić information content (AvgIpc) is 3.15. The summed E-state index contributed by atoms with van der Waals surface area (Å²) in [6, 6.07) is 7.48. The number of thioether (sulfide) groups is 1. The molecule has 0 unspecified atom stereocenters. The summed E-state index contributed by atoms with van der Waals surface area (Å²) in [7, 11) is 0. The molecular weight excluding hydrogens is 362 g/mol. The first-order valence-electron chi connectivity index (χ1n) is 9.45. The number of hydrogen-bond donors (Lipinski definition) is 1. The molecule has 144 valence electrons. The van der Waals surface area contributed by atoms with Crippen LogP contribution >= 0.6 is 11.8 Å². The van der Waals surface area contributed by atoms with Gasteiger partial charge in [0.05, 0.1) is 11.7 Å². The molecule has 1 heterocycles. The average molecular weight is 388 g/mol. The van der Waals surface area contributed by atoms with E-state index in [-0.39, 0.29) is 11.7 Å². The zero-order valence-electron chi connectivity index (χ0n) is 15.6. The van der Waals surface area contributed by atoms with E-state index in [4.69, 9.17) is 0 Å². The summed E-state index contributed by atoms with van der Waals surface area (Å²) in [5.74, 6) is 0.627. The number of carbonyl (C=O) groups is 2. The van der Waals surface area contributed by atoms with Gasteiger partial charge in [0.15, 0.2) is 5.78 Å². The second-order valence-corrected chi connectivity index (χ2v) is 7.86. The number of Topliss-reactive ketones (excluding diaryl/α,β-unsaturated/α-hetero) is 1. The smallest absolute Gasteiger partial charge is 0.224 e. The van der Waals surface area contributed by atoms with Crippen molar-refractivity contribution in [1.82, 2.24) is 20.2 Å². The van der Waals surface area contributed by atoms with Crippen molar-refractivity contribution in [3.63, 3.8) is 0 Å². The van der Waals surface area contributed by atoms with Crippen molar-refractivity contribution in [2.75, 3.05) is 11.1 Å². The molecular formula is C19H25N5O2S. The Labute approximate surface area is 163 Å². The van der Waals surface area contributed by atoms with E-state index < -0.39 is 0 Å². The predicted molar refractivity (Wildman–Crippen MR) is 105 cm³/mol. The first-order valence-corrected chi connectivity index (χ1v) is 10.4. The van der Waals surface area contributed by atoms with Crippen molar-refractivity contribution in [2.45, 2.75) is 63.1 Å². The van der Waals surface area contributed by atoms with E-state index in [1.807, 2.05) is 10.7 Å². The summed E-state index contributed by atoms with van der Waals surface area (Å²) in [6.45, 7) is 1.50. The lowest BCUT2D eigenvalue weighted by molar-refractivity contribution is -0.116. The number of rotatable bonds is 8. The minimum atomic E-state index is -0.0869. The maximum absolute atomic E-state index is 12.2. The van der Waals surface area contributed by atoms with E-state index in [0.29, 0.717) is 23.7 Å². The third kappa shape index (κ3) is 5.38. The fourth-order valence-corrected chi connectivity index (χ4v) is 4.23. The Balaban J connectivity index is 1.45. The lowest BCUT2D eigenvalue weighted by Crippen LogP contribution is -2.15. The van der Waals surface area contributed by atoms with Crippen molar-refractivity contribution in [2.24, 2.45) is 0 Å². The van der Waals surface area contributed by atoms with Crippen LogP contribution in [0.25, 0.3) is 0 Å². The van der Waals surface area contributed by atoms with Crippen LogP contribution in [0.5, 0.6) is 0 Å². The summed E-state index contributed by atoms with van der Waals surface area (Å²) < 4.78 is 1.95. The second-order valence-electron chi connectivity index (χ2n) is 6.80. The van der Waals surface area contributed by atoms with Crippen molar-refractivity contribution in [3.05, 3.63) is 29.8 Å². The molecule has 2 aromatic rings. The van der Waals surface area contributed by atoms with Crippen molar-refractivity contribution in [3.8, 4) is 0 Å². The highest BCUT2D eigenvalue weighted by molar-refractivity contribution is 7.99. The molecule has 1 aromatic carbocycles. The fourth-order valence-electron chi connectivity index (χ4n) is 3.34. The van der Waals surface area contributed by atoms with Gasteiger partial charge in [0, 0.05) is 17.7 Å². The van der Waals surface area contributed by atoms with Gasteiger partial charge in [-0.15, -0.1) is 5.10 Å². The molecule has 1 aliphatic rings. The molecule has 27 heavy (non-hydrogen) atoms. The molecule has 1 N–H and O–H groups in total. The Hall–Kier alpha value is -2.22. The Morgan fingerprint density at radius 1 is 1.22 bits per heavy atom. The number of para-hydroxylation sites is 1. The Kier molecular flexibility index (Phi) is 6.98. The van der Waals surface area contributed by atoms with Gasteiger partial charge in [-0.05, 0) is 48.7 Å². The number of anilines is 1. The summed E-state index contributed by atoms with van der Waals surface area (Å²) in [4.78, 5) is 23.8. The number of benzene rings is 1. The Morgan fingerprint density at radius 2 is 2.00 bits per heavy atom. The van der Waals surface area contributed by atoms with Gasteiger partial charge in [-0.2, -0.15) is 0 Å². The molecule has 1 aliphatic carbocycles. The van der Waals surface area contributed by atoms with Gasteiger partial charge < -0.3 is 5.32 Å². The SMILES string of the molecule is CC(=O)c1ccccc1NC(=O)CCCSc1nnnn1C1CCCCC1. The van der Waals surface area contributed by atoms with Gasteiger partial charge in [-0.25, -0.2) is 4.68 Å². The van der Waals surface area contributed by atoms with Gasteiger partial charge in [0.25, 0.3) is 0 Å². The molecule has 1 saturated carbocycles. The second kappa shape index (κ2) is 9.64. The van der Waals surface area contributed by atoms with E-state index in [9.17, 15) is 9.59 Å². The Bertz CT molecular complexity index is 786. The van der Waals surface area contributed by atoms with E-state index in [1.165, 1.54) is 26.2 Å².